The van der Waals surface area contributed by atoms with Gasteiger partial charge in [0.1, 0.15) is 18.2 Å². The van der Waals surface area contributed by atoms with E-state index in [0.29, 0.717) is 27.8 Å². The number of hydrogen-bond acceptors (Lipinski definition) is 4. The molecule has 0 radical (unpaired) electrons. The van der Waals surface area contributed by atoms with Crippen LogP contribution in [0.1, 0.15) is 34.2 Å². The van der Waals surface area contributed by atoms with Crippen molar-refractivity contribution in [2.75, 3.05) is 6.61 Å². The van der Waals surface area contributed by atoms with E-state index in [1.165, 1.54) is 12.1 Å². The molecule has 2 heterocycles. The average molecular weight is 547 g/mol. The van der Waals surface area contributed by atoms with Crippen molar-refractivity contribution in [3.8, 4) is 22.8 Å². The Morgan fingerprint density at radius 1 is 1.08 bits per heavy atom. The highest BCUT2D eigenvalue weighted by Gasteiger charge is 2.32. The summed E-state index contributed by atoms with van der Waals surface area (Å²) in [6.07, 6.45) is -4.56. The number of halogens is 4. The van der Waals surface area contributed by atoms with Gasteiger partial charge in [-0.05, 0) is 67.7 Å². The molecule has 0 spiro atoms. The number of alkyl halides is 3. The second-order valence-electron chi connectivity index (χ2n) is 8.15. The number of carbonyl (C=O) groups is 1. The highest BCUT2D eigenvalue weighted by atomic mass is 35.5. The molecule has 10 heteroatoms. The van der Waals surface area contributed by atoms with Crippen LogP contribution in [-0.4, -0.2) is 22.1 Å². The summed E-state index contributed by atoms with van der Waals surface area (Å²) in [6, 6.07) is 17.0. The van der Waals surface area contributed by atoms with Crippen LogP contribution >= 0.6 is 20.8 Å². The first-order valence-corrected chi connectivity index (χ1v) is 12.2. The van der Waals surface area contributed by atoms with Crippen molar-refractivity contribution < 1.29 is 27.4 Å². The summed E-state index contributed by atoms with van der Waals surface area (Å²) in [5, 5.41) is 1.38. The number of pyridine rings is 1. The Kier molecular flexibility index (Phi) is 7.90. The van der Waals surface area contributed by atoms with Gasteiger partial charge in [-0.2, -0.15) is 13.2 Å². The molecule has 0 aliphatic rings. The van der Waals surface area contributed by atoms with Gasteiger partial charge < -0.3 is 9.47 Å². The van der Waals surface area contributed by atoms with Crippen molar-refractivity contribution in [2.24, 2.45) is 0 Å². The molecule has 0 bridgehead atoms. The van der Waals surface area contributed by atoms with Crippen LogP contribution in [0.2, 0.25) is 5.02 Å². The Morgan fingerprint density at radius 2 is 1.86 bits per heavy atom. The number of hydrogen-bond donors (Lipinski definition) is 0. The molecular weight excluding hydrogens is 524 g/mol. The number of rotatable bonds is 7. The van der Waals surface area contributed by atoms with Gasteiger partial charge >= 0.3 is 12.1 Å². The Hall–Kier alpha value is -3.35. The Bertz CT molecular complexity index is 1450. The number of esters is 1. The molecule has 5 nitrogen and oxygen atoms in total. The smallest absolute Gasteiger partial charge is 0.416 e. The standard InChI is InChI=1S/C27H23ClF3N2O3P/c1-3-35-26(34)22-5-4-6-25(32-22)33-16(2)7-11-23(33)20-13-18(27(29,30)31)9-12-24(20)36-15-17-8-10-19(37)14-21(17)28/h4-14H,3,15,37H2,1-2H3. The second-order valence-corrected chi connectivity index (χ2v) is 9.22. The van der Waals surface area contributed by atoms with E-state index in [0.717, 1.165) is 17.4 Å². The third-order valence-electron chi connectivity index (χ3n) is 5.57. The van der Waals surface area contributed by atoms with E-state index < -0.39 is 17.7 Å². The predicted molar refractivity (Wildman–Crippen MR) is 140 cm³/mol. The lowest BCUT2D eigenvalue weighted by atomic mass is 10.1. The Morgan fingerprint density at radius 3 is 2.57 bits per heavy atom. The first-order chi connectivity index (χ1) is 17.6. The molecular formula is C27H23ClF3N2O3P. The van der Waals surface area contributed by atoms with Crippen molar-refractivity contribution in [1.29, 1.82) is 0 Å². The van der Waals surface area contributed by atoms with E-state index in [1.54, 1.807) is 54.8 Å². The fourth-order valence-corrected chi connectivity index (χ4v) is 4.40. The van der Waals surface area contributed by atoms with Crippen LogP contribution in [0, 0.1) is 6.92 Å². The van der Waals surface area contributed by atoms with Gasteiger partial charge in [-0.15, -0.1) is 9.24 Å². The molecule has 4 rings (SSSR count). The van der Waals surface area contributed by atoms with Crippen LogP contribution in [0.3, 0.4) is 0 Å². The lowest BCUT2D eigenvalue weighted by molar-refractivity contribution is -0.137. The van der Waals surface area contributed by atoms with Gasteiger partial charge in [0.15, 0.2) is 5.69 Å². The predicted octanol–water partition coefficient (Wildman–Crippen LogP) is 6.78. The zero-order chi connectivity index (χ0) is 26.7. The largest absolute Gasteiger partial charge is 0.488 e. The molecule has 2 aromatic carbocycles. The number of benzene rings is 2. The summed E-state index contributed by atoms with van der Waals surface area (Å²) in [7, 11) is 2.55. The summed E-state index contributed by atoms with van der Waals surface area (Å²) in [5.41, 5.74) is 1.29. The van der Waals surface area contributed by atoms with E-state index in [9.17, 15) is 18.0 Å². The van der Waals surface area contributed by atoms with E-state index in [2.05, 4.69) is 14.2 Å². The van der Waals surface area contributed by atoms with Gasteiger partial charge in [-0.3, -0.25) is 4.57 Å². The second kappa shape index (κ2) is 11.0. The molecule has 0 saturated carbocycles. The first-order valence-electron chi connectivity index (χ1n) is 11.3. The summed E-state index contributed by atoms with van der Waals surface area (Å²) in [5.74, 6) is -0.00224. The zero-order valence-corrected chi connectivity index (χ0v) is 21.9. The summed E-state index contributed by atoms with van der Waals surface area (Å²) in [4.78, 5) is 16.6. The van der Waals surface area contributed by atoms with Crippen molar-refractivity contribution in [1.82, 2.24) is 9.55 Å². The molecule has 0 N–H and O–H groups in total. The number of ether oxygens (including phenoxy) is 2. The van der Waals surface area contributed by atoms with Crippen molar-refractivity contribution in [2.45, 2.75) is 26.6 Å². The lowest BCUT2D eigenvalue weighted by Gasteiger charge is -2.18. The van der Waals surface area contributed by atoms with Gasteiger partial charge in [0.25, 0.3) is 0 Å². The molecule has 0 fully saturated rings. The topological polar surface area (TPSA) is 53.4 Å². The maximum absolute atomic E-state index is 13.7. The van der Waals surface area contributed by atoms with Gasteiger partial charge in [-0.25, -0.2) is 9.78 Å². The number of nitrogens with zero attached hydrogens (tertiary/aromatic N) is 2. The van der Waals surface area contributed by atoms with Gasteiger partial charge in [-0.1, -0.05) is 29.8 Å². The van der Waals surface area contributed by atoms with Crippen molar-refractivity contribution >= 4 is 32.1 Å². The van der Waals surface area contributed by atoms with Gasteiger partial charge in [0.05, 0.1) is 17.9 Å². The lowest BCUT2D eigenvalue weighted by Crippen LogP contribution is -2.11. The zero-order valence-electron chi connectivity index (χ0n) is 20.0. The number of aryl methyl sites for hydroxylation is 1. The van der Waals surface area contributed by atoms with E-state index in [1.807, 2.05) is 6.07 Å². The van der Waals surface area contributed by atoms with Crippen LogP contribution in [0.5, 0.6) is 5.75 Å². The van der Waals surface area contributed by atoms with Crippen LogP contribution in [0.4, 0.5) is 13.2 Å². The normalized spacial score (nSPS) is 11.4. The van der Waals surface area contributed by atoms with Crippen LogP contribution in [-0.2, 0) is 17.5 Å². The molecule has 1 atom stereocenters. The molecule has 4 aromatic rings. The quantitative estimate of drug-likeness (QED) is 0.189. The van der Waals surface area contributed by atoms with Gasteiger partial charge in [0.2, 0.25) is 0 Å². The Labute approximate surface area is 219 Å². The minimum Gasteiger partial charge on any atom is -0.488 e. The summed E-state index contributed by atoms with van der Waals surface area (Å²) >= 11 is 6.32. The maximum atomic E-state index is 13.7. The monoisotopic (exact) mass is 546 g/mol. The molecule has 0 aliphatic carbocycles. The Balaban J connectivity index is 1.81. The van der Waals surface area contributed by atoms with E-state index >= 15 is 0 Å². The number of aromatic nitrogens is 2. The van der Waals surface area contributed by atoms with E-state index in [4.69, 9.17) is 21.1 Å². The third kappa shape index (κ3) is 5.97. The van der Waals surface area contributed by atoms with Crippen LogP contribution < -0.4 is 10.0 Å². The first kappa shape index (κ1) is 26.7. The fourth-order valence-electron chi connectivity index (χ4n) is 3.79. The molecule has 192 valence electrons. The molecule has 0 saturated heterocycles. The fraction of sp³-hybridized carbons (Fsp3) is 0.185. The minimum atomic E-state index is -4.56. The minimum absolute atomic E-state index is 0.0540. The molecule has 2 aromatic heterocycles. The van der Waals surface area contributed by atoms with Gasteiger partial charge in [0, 0.05) is 21.8 Å². The van der Waals surface area contributed by atoms with E-state index in [-0.39, 0.29) is 30.2 Å². The number of carbonyl (C=O) groups excluding carboxylic acids is 1. The van der Waals surface area contributed by atoms with Crippen molar-refractivity contribution in [3.05, 3.63) is 94.3 Å². The van der Waals surface area contributed by atoms with Crippen LogP contribution in [0.15, 0.2) is 66.7 Å². The molecule has 0 amide bonds. The third-order valence-corrected chi connectivity index (χ3v) is 6.28. The summed E-state index contributed by atoms with van der Waals surface area (Å²) in [6.45, 7) is 3.72. The highest BCUT2D eigenvalue weighted by molar-refractivity contribution is 7.27. The summed E-state index contributed by atoms with van der Waals surface area (Å²) < 4.78 is 53.7. The molecule has 0 aliphatic heterocycles. The average Bonchev–Trinajstić information content (AvgIpc) is 3.24. The maximum Gasteiger partial charge on any atom is 0.416 e. The van der Waals surface area contributed by atoms with Crippen molar-refractivity contribution in [3.63, 3.8) is 0 Å². The SMILES string of the molecule is CCOC(=O)c1cccc(-n2c(C)ccc2-c2cc(C(F)(F)F)ccc2OCc2ccc(P)cc2Cl)n1. The van der Waals surface area contributed by atoms with Crippen LogP contribution in [0.25, 0.3) is 17.1 Å². The molecule has 1 unspecified atom stereocenters. The molecule has 37 heavy (non-hydrogen) atoms. The highest BCUT2D eigenvalue weighted by Crippen LogP contribution is 2.39.